The van der Waals surface area contributed by atoms with Gasteiger partial charge in [-0.25, -0.2) is 0 Å². The third-order valence-electron chi connectivity index (χ3n) is 3.62. The van der Waals surface area contributed by atoms with E-state index in [0.717, 1.165) is 4.88 Å². The van der Waals surface area contributed by atoms with E-state index in [-0.39, 0.29) is 17.2 Å². The zero-order valence-electron chi connectivity index (χ0n) is 12.0. The number of nitrogens with zero attached hydrogens (tertiary/aromatic N) is 2. The lowest BCUT2D eigenvalue weighted by atomic mass is 10.1. The van der Waals surface area contributed by atoms with Gasteiger partial charge >= 0.3 is 0 Å². The number of hydrogen-bond donors (Lipinski definition) is 1. The predicted molar refractivity (Wildman–Crippen MR) is 84.2 cm³/mol. The first-order chi connectivity index (χ1) is 11.1. The minimum absolute atomic E-state index is 0.00578. The van der Waals surface area contributed by atoms with E-state index in [0.29, 0.717) is 13.1 Å². The molecule has 2 heterocycles. The van der Waals surface area contributed by atoms with Gasteiger partial charge in [-0.1, -0.05) is 18.2 Å². The molecule has 1 aliphatic rings. The molecule has 1 fully saturated rings. The summed E-state index contributed by atoms with van der Waals surface area (Å²) in [6, 6.07) is 8.61. The number of carbonyl (C=O) groups excluding carboxylic acids is 2. The molecule has 3 rings (SSSR count). The first kappa shape index (κ1) is 15.2. The molecule has 1 aromatic heterocycles. The van der Waals surface area contributed by atoms with Gasteiger partial charge in [-0.15, -0.1) is 11.3 Å². The maximum atomic E-state index is 12.8. The summed E-state index contributed by atoms with van der Waals surface area (Å²) in [6.45, 7) is 0.631. The summed E-state index contributed by atoms with van der Waals surface area (Å²) in [7, 11) is 0. The summed E-state index contributed by atoms with van der Waals surface area (Å²) >= 11 is 1.37. The maximum absolute atomic E-state index is 12.8. The topological polar surface area (TPSA) is 92.6 Å². The molecule has 1 aliphatic heterocycles. The van der Waals surface area contributed by atoms with Crippen molar-refractivity contribution < 1.29 is 14.5 Å². The Morgan fingerprint density at radius 2 is 2.09 bits per heavy atom. The van der Waals surface area contributed by atoms with Crippen molar-refractivity contribution in [3.8, 4) is 0 Å². The fourth-order valence-corrected chi connectivity index (χ4v) is 3.42. The van der Waals surface area contributed by atoms with Crippen molar-refractivity contribution in [1.29, 1.82) is 0 Å². The van der Waals surface area contributed by atoms with Crippen LogP contribution in [-0.4, -0.2) is 34.7 Å². The number of carbonyl (C=O) groups is 2. The average Bonchev–Trinajstić information content (AvgIpc) is 3.08. The standard InChI is InChI=1S/C15H13N3O4S/c19-14-13(12-6-3-9-23-12)17(8-7-16-14)15(20)10-4-1-2-5-11(10)18(21)22/h1-6,9,13H,7-8H2,(H,16,19)/t13-/m1/s1. The molecule has 118 valence electrons. The number of rotatable bonds is 3. The van der Waals surface area contributed by atoms with Gasteiger partial charge in [0.25, 0.3) is 11.6 Å². The highest BCUT2D eigenvalue weighted by atomic mass is 32.1. The molecule has 0 radical (unpaired) electrons. The molecule has 0 aliphatic carbocycles. The van der Waals surface area contributed by atoms with Gasteiger partial charge < -0.3 is 10.2 Å². The second-order valence-electron chi connectivity index (χ2n) is 4.98. The summed E-state index contributed by atoms with van der Waals surface area (Å²) in [5, 5.41) is 15.7. The van der Waals surface area contributed by atoms with Crippen molar-refractivity contribution in [3.05, 3.63) is 62.3 Å². The molecule has 0 unspecified atom stereocenters. The van der Waals surface area contributed by atoms with E-state index in [2.05, 4.69) is 5.32 Å². The van der Waals surface area contributed by atoms with Crippen LogP contribution in [-0.2, 0) is 4.79 Å². The van der Waals surface area contributed by atoms with Gasteiger partial charge in [0.1, 0.15) is 11.6 Å². The smallest absolute Gasteiger partial charge is 0.282 e. The van der Waals surface area contributed by atoms with Crippen LogP contribution in [0.2, 0.25) is 0 Å². The van der Waals surface area contributed by atoms with Crippen LogP contribution in [0.4, 0.5) is 5.69 Å². The Hall–Kier alpha value is -2.74. The number of benzene rings is 1. The lowest BCUT2D eigenvalue weighted by molar-refractivity contribution is -0.385. The molecule has 2 amide bonds. The van der Waals surface area contributed by atoms with E-state index in [1.54, 1.807) is 18.2 Å². The van der Waals surface area contributed by atoms with Gasteiger partial charge in [-0.2, -0.15) is 0 Å². The second kappa shape index (κ2) is 6.17. The Balaban J connectivity index is 2.00. The lowest BCUT2D eigenvalue weighted by Gasteiger charge is -2.34. The van der Waals surface area contributed by atoms with E-state index in [9.17, 15) is 19.7 Å². The highest BCUT2D eigenvalue weighted by Crippen LogP contribution is 2.30. The first-order valence-corrected chi connectivity index (χ1v) is 7.83. The Kier molecular flexibility index (Phi) is 4.07. The molecule has 7 nitrogen and oxygen atoms in total. The minimum Gasteiger partial charge on any atom is -0.352 e. The van der Waals surface area contributed by atoms with E-state index < -0.39 is 16.9 Å². The summed E-state index contributed by atoms with van der Waals surface area (Å²) in [6.07, 6.45) is 0. The van der Waals surface area contributed by atoms with Crippen LogP contribution in [0.25, 0.3) is 0 Å². The van der Waals surface area contributed by atoms with Crippen molar-refractivity contribution in [1.82, 2.24) is 10.2 Å². The van der Waals surface area contributed by atoms with Crippen LogP contribution in [0, 0.1) is 10.1 Å². The zero-order chi connectivity index (χ0) is 16.4. The molecule has 1 aromatic carbocycles. The SMILES string of the molecule is O=C1NCCN(C(=O)c2ccccc2[N+](=O)[O-])[C@@H]1c1cccs1. The van der Waals surface area contributed by atoms with Crippen molar-refractivity contribution >= 4 is 28.8 Å². The van der Waals surface area contributed by atoms with Gasteiger partial charge in [-0.05, 0) is 17.5 Å². The van der Waals surface area contributed by atoms with Crippen molar-refractivity contribution in [3.63, 3.8) is 0 Å². The Morgan fingerprint density at radius 3 is 2.78 bits per heavy atom. The predicted octanol–water partition coefficient (Wildman–Crippen LogP) is 1.97. The average molecular weight is 331 g/mol. The minimum atomic E-state index is -0.754. The van der Waals surface area contributed by atoms with Gasteiger partial charge in [0.2, 0.25) is 5.91 Å². The van der Waals surface area contributed by atoms with Crippen LogP contribution in [0.3, 0.4) is 0 Å². The van der Waals surface area contributed by atoms with Crippen LogP contribution >= 0.6 is 11.3 Å². The molecule has 1 N–H and O–H groups in total. The van der Waals surface area contributed by atoms with Crippen LogP contribution in [0.15, 0.2) is 41.8 Å². The zero-order valence-corrected chi connectivity index (χ0v) is 12.8. The molecule has 1 atom stereocenters. The Morgan fingerprint density at radius 1 is 1.30 bits per heavy atom. The normalized spacial score (nSPS) is 17.7. The van der Waals surface area contributed by atoms with E-state index in [4.69, 9.17) is 0 Å². The number of nitro benzene ring substituents is 1. The number of piperazine rings is 1. The molecule has 23 heavy (non-hydrogen) atoms. The van der Waals surface area contributed by atoms with E-state index >= 15 is 0 Å². The van der Waals surface area contributed by atoms with Gasteiger partial charge in [-0.3, -0.25) is 19.7 Å². The number of nitrogens with one attached hydrogen (secondary N) is 1. The van der Waals surface area contributed by atoms with Crippen LogP contribution < -0.4 is 5.32 Å². The number of hydrogen-bond acceptors (Lipinski definition) is 5. The Bertz CT molecular complexity index is 760. The van der Waals surface area contributed by atoms with Crippen LogP contribution in [0.5, 0.6) is 0 Å². The molecule has 0 saturated carbocycles. The number of nitro groups is 1. The molecule has 1 saturated heterocycles. The number of para-hydroxylation sites is 1. The number of thiophene rings is 1. The number of amides is 2. The summed E-state index contributed by atoms with van der Waals surface area (Å²) < 4.78 is 0. The molecule has 8 heteroatoms. The highest BCUT2D eigenvalue weighted by molar-refractivity contribution is 7.10. The molecule has 0 bridgehead atoms. The molecule has 0 spiro atoms. The third kappa shape index (κ3) is 2.80. The van der Waals surface area contributed by atoms with Crippen molar-refractivity contribution in [2.75, 3.05) is 13.1 Å². The molecular weight excluding hydrogens is 318 g/mol. The maximum Gasteiger partial charge on any atom is 0.282 e. The monoisotopic (exact) mass is 331 g/mol. The summed E-state index contributed by atoms with van der Waals surface area (Å²) in [4.78, 5) is 37.7. The summed E-state index contributed by atoms with van der Waals surface area (Å²) in [5.41, 5.74) is -0.262. The van der Waals surface area contributed by atoms with Gasteiger partial charge in [0.15, 0.2) is 0 Å². The van der Waals surface area contributed by atoms with Gasteiger partial charge in [0, 0.05) is 24.0 Å². The third-order valence-corrected chi connectivity index (χ3v) is 4.54. The largest absolute Gasteiger partial charge is 0.352 e. The van der Waals surface area contributed by atoms with Crippen LogP contribution in [0.1, 0.15) is 21.3 Å². The molecular formula is C15H13N3O4S. The lowest BCUT2D eigenvalue weighted by Crippen LogP contribution is -2.52. The first-order valence-electron chi connectivity index (χ1n) is 6.95. The fraction of sp³-hybridized carbons (Fsp3) is 0.200. The van der Waals surface area contributed by atoms with E-state index in [1.165, 1.54) is 34.4 Å². The second-order valence-corrected chi connectivity index (χ2v) is 5.96. The van der Waals surface area contributed by atoms with E-state index in [1.807, 2.05) is 5.38 Å². The van der Waals surface area contributed by atoms with Gasteiger partial charge in [0.05, 0.1) is 4.92 Å². The van der Waals surface area contributed by atoms with Crippen molar-refractivity contribution in [2.45, 2.75) is 6.04 Å². The van der Waals surface area contributed by atoms with Crippen molar-refractivity contribution in [2.24, 2.45) is 0 Å². The fourth-order valence-electron chi connectivity index (χ4n) is 2.58. The highest BCUT2D eigenvalue weighted by Gasteiger charge is 2.37. The molecule has 2 aromatic rings. The Labute approximate surface area is 135 Å². The quantitative estimate of drug-likeness (QED) is 0.687. The summed E-state index contributed by atoms with van der Waals surface area (Å²) in [5.74, 6) is -0.781.